The van der Waals surface area contributed by atoms with E-state index in [1.165, 1.54) is 6.08 Å². The van der Waals surface area contributed by atoms with Crippen LogP contribution in [0, 0.1) is 0 Å². The zero-order valence-electron chi connectivity index (χ0n) is 13.5. The monoisotopic (exact) mass is 336 g/mol. The Kier molecular flexibility index (Phi) is 4.33. The van der Waals surface area contributed by atoms with Crippen LogP contribution in [-0.2, 0) is 24.5 Å². The molecule has 0 saturated heterocycles. The number of carbonyl (C=O) groups is 3. The highest BCUT2D eigenvalue weighted by Crippen LogP contribution is 2.42. The van der Waals surface area contributed by atoms with Crippen molar-refractivity contribution in [1.29, 1.82) is 0 Å². The van der Waals surface area contributed by atoms with Crippen molar-refractivity contribution in [2.45, 2.75) is 11.5 Å². The molecular weight excluding hydrogens is 320 g/mol. The van der Waals surface area contributed by atoms with Gasteiger partial charge < -0.3 is 9.84 Å². The molecule has 1 N–H and O–H groups in total. The number of Topliss-reactive ketones (excluding diaryl/α,β-unsaturated/α-hetero) is 2. The van der Waals surface area contributed by atoms with Crippen LogP contribution in [0.15, 0.2) is 66.7 Å². The fourth-order valence-electron chi connectivity index (χ4n) is 3.18. The van der Waals surface area contributed by atoms with Crippen molar-refractivity contribution in [3.05, 3.63) is 77.9 Å². The molecule has 0 amide bonds. The molecule has 1 aliphatic carbocycles. The van der Waals surface area contributed by atoms with Crippen molar-refractivity contribution in [3.8, 4) is 0 Å². The highest BCUT2D eigenvalue weighted by molar-refractivity contribution is 6.49. The Bertz CT molecular complexity index is 854. The Morgan fingerprint density at radius 1 is 1.00 bits per heavy atom. The average Bonchev–Trinajstić information content (AvgIpc) is 2.93. The van der Waals surface area contributed by atoms with E-state index in [0.717, 1.165) is 7.11 Å². The topological polar surface area (TPSA) is 80.7 Å². The van der Waals surface area contributed by atoms with Crippen molar-refractivity contribution in [2.24, 2.45) is 0 Å². The number of hydrogen-bond acceptors (Lipinski definition) is 5. The molecule has 0 aromatic heterocycles. The summed E-state index contributed by atoms with van der Waals surface area (Å²) in [7, 11) is 1.07. The SMILES string of the molecule is COC(=O)C(=O)C1(c2ccccc2)C(=O)C(c2ccccc2)=CC1O. The van der Waals surface area contributed by atoms with Crippen molar-refractivity contribution < 1.29 is 24.2 Å². The maximum atomic E-state index is 13.2. The summed E-state index contributed by atoms with van der Waals surface area (Å²) in [5, 5.41) is 10.7. The van der Waals surface area contributed by atoms with Crippen LogP contribution in [-0.4, -0.2) is 35.9 Å². The van der Waals surface area contributed by atoms with Gasteiger partial charge >= 0.3 is 5.97 Å². The molecule has 25 heavy (non-hydrogen) atoms. The predicted molar refractivity (Wildman–Crippen MR) is 90.6 cm³/mol. The third kappa shape index (κ3) is 2.49. The molecule has 3 rings (SSSR count). The second-order valence-corrected chi connectivity index (χ2v) is 5.72. The Morgan fingerprint density at radius 2 is 1.56 bits per heavy atom. The largest absolute Gasteiger partial charge is 0.463 e. The summed E-state index contributed by atoms with van der Waals surface area (Å²) in [6.07, 6.45) is -0.143. The van der Waals surface area contributed by atoms with E-state index in [0.29, 0.717) is 5.56 Å². The van der Waals surface area contributed by atoms with Gasteiger partial charge in [0.25, 0.3) is 5.78 Å². The van der Waals surface area contributed by atoms with E-state index >= 15 is 0 Å². The minimum atomic E-state index is -2.03. The van der Waals surface area contributed by atoms with E-state index in [4.69, 9.17) is 0 Å². The summed E-state index contributed by atoms with van der Waals surface area (Å²) in [6, 6.07) is 16.8. The van der Waals surface area contributed by atoms with Gasteiger partial charge in [0.05, 0.1) is 13.2 Å². The summed E-state index contributed by atoms with van der Waals surface area (Å²) in [6.45, 7) is 0. The zero-order valence-corrected chi connectivity index (χ0v) is 13.5. The molecule has 0 fully saturated rings. The number of benzene rings is 2. The maximum absolute atomic E-state index is 13.2. The fourth-order valence-corrected chi connectivity index (χ4v) is 3.18. The van der Waals surface area contributed by atoms with E-state index in [9.17, 15) is 19.5 Å². The molecule has 2 aromatic carbocycles. The van der Waals surface area contributed by atoms with Gasteiger partial charge in [0.2, 0.25) is 0 Å². The van der Waals surface area contributed by atoms with Gasteiger partial charge in [-0.2, -0.15) is 0 Å². The van der Waals surface area contributed by atoms with Crippen molar-refractivity contribution in [1.82, 2.24) is 0 Å². The highest BCUT2D eigenvalue weighted by Gasteiger charge is 2.59. The van der Waals surface area contributed by atoms with Gasteiger partial charge in [-0.25, -0.2) is 4.79 Å². The highest BCUT2D eigenvalue weighted by atomic mass is 16.5. The molecule has 126 valence electrons. The first-order chi connectivity index (χ1) is 12.0. The van der Waals surface area contributed by atoms with Gasteiger partial charge in [0, 0.05) is 5.57 Å². The number of hydrogen-bond donors (Lipinski definition) is 1. The number of aliphatic hydroxyl groups excluding tert-OH is 1. The standard InChI is InChI=1S/C20H16O5/c1-25-19(24)18(23)20(14-10-6-3-7-11-14)16(21)12-15(17(20)22)13-8-4-2-5-9-13/h2-12,16,21H,1H3. The molecular formula is C20H16O5. The summed E-state index contributed by atoms with van der Waals surface area (Å²) in [5.74, 6) is -2.87. The van der Waals surface area contributed by atoms with Gasteiger partial charge in [-0.15, -0.1) is 0 Å². The summed E-state index contributed by atoms with van der Waals surface area (Å²) >= 11 is 0. The van der Waals surface area contributed by atoms with Gasteiger partial charge in [0.15, 0.2) is 11.2 Å². The number of allylic oxidation sites excluding steroid dienone is 1. The average molecular weight is 336 g/mol. The van der Waals surface area contributed by atoms with Crippen molar-refractivity contribution in [3.63, 3.8) is 0 Å². The summed E-state index contributed by atoms with van der Waals surface area (Å²) in [5.41, 5.74) is -0.999. The van der Waals surface area contributed by atoms with Crippen LogP contribution < -0.4 is 0 Å². The van der Waals surface area contributed by atoms with Gasteiger partial charge in [0.1, 0.15) is 0 Å². The number of rotatable bonds is 4. The molecule has 2 atom stereocenters. The molecule has 0 spiro atoms. The van der Waals surface area contributed by atoms with Crippen LogP contribution >= 0.6 is 0 Å². The predicted octanol–water partition coefficient (Wildman–Crippen LogP) is 1.69. The molecule has 2 unspecified atom stereocenters. The Morgan fingerprint density at radius 3 is 2.12 bits per heavy atom. The lowest BCUT2D eigenvalue weighted by atomic mass is 9.71. The fraction of sp³-hybridized carbons (Fsp3) is 0.150. The van der Waals surface area contributed by atoms with Gasteiger partial charge in [-0.05, 0) is 17.2 Å². The number of aliphatic hydroxyl groups is 1. The van der Waals surface area contributed by atoms with E-state index in [1.54, 1.807) is 60.7 Å². The molecule has 5 nitrogen and oxygen atoms in total. The Labute approximate surface area is 144 Å². The molecule has 0 bridgehead atoms. The lowest BCUT2D eigenvalue weighted by Gasteiger charge is -2.29. The lowest BCUT2D eigenvalue weighted by molar-refractivity contribution is -0.157. The van der Waals surface area contributed by atoms with Crippen molar-refractivity contribution >= 4 is 23.1 Å². The number of esters is 1. The third-order valence-electron chi connectivity index (χ3n) is 4.41. The minimum Gasteiger partial charge on any atom is -0.463 e. The van der Waals surface area contributed by atoms with Crippen molar-refractivity contribution in [2.75, 3.05) is 7.11 Å². The molecule has 5 heteroatoms. The van der Waals surface area contributed by atoms with Crippen LogP contribution in [0.5, 0.6) is 0 Å². The van der Waals surface area contributed by atoms with E-state index in [2.05, 4.69) is 4.74 Å². The Balaban J connectivity index is 2.19. The maximum Gasteiger partial charge on any atom is 0.375 e. The number of ether oxygens (including phenoxy) is 1. The summed E-state index contributed by atoms with van der Waals surface area (Å²) in [4.78, 5) is 38.0. The second kappa shape index (κ2) is 6.45. The van der Waals surface area contributed by atoms with E-state index in [-0.39, 0.29) is 11.1 Å². The first-order valence-electron chi connectivity index (χ1n) is 7.71. The molecule has 0 heterocycles. The molecule has 0 radical (unpaired) electrons. The normalized spacial score (nSPS) is 22.4. The minimum absolute atomic E-state index is 0.203. The van der Waals surface area contributed by atoms with Crippen LogP contribution in [0.1, 0.15) is 11.1 Å². The number of ketones is 2. The molecule has 0 saturated carbocycles. The second-order valence-electron chi connectivity index (χ2n) is 5.72. The van der Waals surface area contributed by atoms with Crippen LogP contribution in [0.2, 0.25) is 0 Å². The number of carbonyl (C=O) groups excluding carboxylic acids is 3. The molecule has 0 aliphatic heterocycles. The van der Waals surface area contributed by atoms with Gasteiger partial charge in [-0.3, -0.25) is 9.59 Å². The molecule has 2 aromatic rings. The molecule has 1 aliphatic rings. The van der Waals surface area contributed by atoms with E-state index in [1.807, 2.05) is 0 Å². The van der Waals surface area contributed by atoms with E-state index < -0.39 is 29.1 Å². The summed E-state index contributed by atoms with van der Waals surface area (Å²) < 4.78 is 4.53. The Hall–Kier alpha value is -3.05. The van der Waals surface area contributed by atoms with Crippen LogP contribution in [0.3, 0.4) is 0 Å². The lowest BCUT2D eigenvalue weighted by Crippen LogP contribution is -2.52. The first-order valence-corrected chi connectivity index (χ1v) is 7.71. The first kappa shape index (κ1) is 16.8. The quantitative estimate of drug-likeness (QED) is 0.522. The van der Waals surface area contributed by atoms with Crippen LogP contribution in [0.25, 0.3) is 5.57 Å². The van der Waals surface area contributed by atoms with Gasteiger partial charge in [-0.1, -0.05) is 60.7 Å². The zero-order chi connectivity index (χ0) is 18.0. The number of methoxy groups -OCH3 is 1. The van der Waals surface area contributed by atoms with Crippen LogP contribution in [0.4, 0.5) is 0 Å². The smallest absolute Gasteiger partial charge is 0.375 e. The third-order valence-corrected chi connectivity index (χ3v) is 4.41.